The van der Waals surface area contributed by atoms with E-state index in [9.17, 15) is 0 Å². The van der Waals surface area contributed by atoms with Gasteiger partial charge in [-0.15, -0.1) is 24.0 Å². The Kier molecular flexibility index (Phi) is 8.83. The second kappa shape index (κ2) is 11.4. The molecule has 3 rings (SSSR count). The lowest BCUT2D eigenvalue weighted by Crippen LogP contribution is -2.37. The molecular weight excluding hydrogens is 451 g/mol. The van der Waals surface area contributed by atoms with E-state index < -0.39 is 0 Å². The molecule has 0 aliphatic carbocycles. The molecule has 142 valence electrons. The highest BCUT2D eigenvalue weighted by molar-refractivity contribution is 14.0. The van der Waals surface area contributed by atoms with Crippen LogP contribution in [0.15, 0.2) is 82.5 Å². The van der Waals surface area contributed by atoms with Gasteiger partial charge in [0, 0.05) is 25.6 Å². The van der Waals surface area contributed by atoms with Crippen LogP contribution in [0.25, 0.3) is 0 Å². The number of rotatable bonds is 7. The normalized spacial score (nSPS) is 11.1. The Morgan fingerprint density at radius 1 is 0.963 bits per heavy atom. The topological polar surface area (TPSA) is 62.5 Å². The molecule has 0 atom stereocenters. The van der Waals surface area contributed by atoms with E-state index in [-0.39, 0.29) is 24.0 Å². The summed E-state index contributed by atoms with van der Waals surface area (Å²) >= 11 is 0. The second-order valence-corrected chi connectivity index (χ2v) is 6.01. The first kappa shape index (κ1) is 21.0. The maximum absolute atomic E-state index is 4.84. The van der Waals surface area contributed by atoms with Gasteiger partial charge in [0.25, 0.3) is 0 Å². The molecule has 0 spiro atoms. The van der Waals surface area contributed by atoms with Crippen molar-refractivity contribution in [2.75, 3.05) is 13.6 Å². The van der Waals surface area contributed by atoms with Gasteiger partial charge >= 0.3 is 0 Å². The van der Waals surface area contributed by atoms with Crippen LogP contribution in [0.1, 0.15) is 29.2 Å². The van der Waals surface area contributed by atoms with Crippen molar-refractivity contribution in [1.29, 1.82) is 0 Å². The third kappa shape index (κ3) is 6.39. The largest absolute Gasteiger partial charge is 0.364 e. The Bertz CT molecular complexity index is 752. The molecule has 1 heterocycles. The average molecular weight is 476 g/mol. The molecule has 0 aliphatic heterocycles. The molecule has 3 aromatic rings. The van der Waals surface area contributed by atoms with Crippen molar-refractivity contribution >= 4 is 29.9 Å². The van der Waals surface area contributed by atoms with Crippen molar-refractivity contribution in [2.24, 2.45) is 4.99 Å². The summed E-state index contributed by atoms with van der Waals surface area (Å²) in [5.41, 5.74) is 3.50. The third-order valence-electron chi connectivity index (χ3n) is 4.28. The molecule has 0 bridgehead atoms. The first-order valence-electron chi connectivity index (χ1n) is 8.80. The van der Waals surface area contributed by atoms with Gasteiger partial charge in [0.1, 0.15) is 12.0 Å². The highest BCUT2D eigenvalue weighted by atomic mass is 127. The van der Waals surface area contributed by atoms with Gasteiger partial charge < -0.3 is 15.2 Å². The van der Waals surface area contributed by atoms with Gasteiger partial charge in [-0.2, -0.15) is 0 Å². The van der Waals surface area contributed by atoms with Crippen molar-refractivity contribution in [3.63, 3.8) is 0 Å². The SMILES string of the molecule is CN=C(NCCC(c1ccccc1)c1ccccc1)NCc1ccon1.I. The zero-order valence-corrected chi connectivity index (χ0v) is 17.7. The van der Waals surface area contributed by atoms with Crippen molar-refractivity contribution in [2.45, 2.75) is 18.9 Å². The van der Waals surface area contributed by atoms with E-state index in [1.165, 1.54) is 11.1 Å². The zero-order valence-electron chi connectivity index (χ0n) is 15.3. The maximum atomic E-state index is 4.84. The Hall–Kier alpha value is -2.35. The Morgan fingerprint density at radius 3 is 2.11 bits per heavy atom. The standard InChI is InChI=1S/C21H24N4O.HI/c1-22-21(24-16-19-13-15-26-25-19)23-14-12-20(17-8-4-2-5-9-17)18-10-6-3-7-11-18;/h2-11,13,15,20H,12,14,16H2,1H3,(H2,22,23,24);1H. The van der Waals surface area contributed by atoms with Crippen LogP contribution in [0.2, 0.25) is 0 Å². The molecule has 1 aromatic heterocycles. The van der Waals surface area contributed by atoms with E-state index in [0.29, 0.717) is 12.5 Å². The number of aliphatic imine (C=N–C) groups is 1. The molecule has 6 heteroatoms. The van der Waals surface area contributed by atoms with E-state index in [2.05, 4.69) is 81.4 Å². The monoisotopic (exact) mass is 476 g/mol. The number of halogens is 1. The van der Waals surface area contributed by atoms with Crippen LogP contribution in [-0.4, -0.2) is 24.7 Å². The minimum Gasteiger partial charge on any atom is -0.364 e. The summed E-state index contributed by atoms with van der Waals surface area (Å²) in [5, 5.41) is 10.5. The highest BCUT2D eigenvalue weighted by Crippen LogP contribution is 2.27. The summed E-state index contributed by atoms with van der Waals surface area (Å²) in [6, 6.07) is 23.1. The summed E-state index contributed by atoms with van der Waals surface area (Å²) in [6.45, 7) is 1.39. The summed E-state index contributed by atoms with van der Waals surface area (Å²) < 4.78 is 4.84. The predicted molar refractivity (Wildman–Crippen MR) is 119 cm³/mol. The maximum Gasteiger partial charge on any atom is 0.191 e. The summed E-state index contributed by atoms with van der Waals surface area (Å²) in [4.78, 5) is 4.27. The molecule has 0 fully saturated rings. The molecule has 2 N–H and O–H groups in total. The summed E-state index contributed by atoms with van der Waals surface area (Å²) in [7, 11) is 1.77. The third-order valence-corrected chi connectivity index (χ3v) is 4.28. The fourth-order valence-electron chi connectivity index (χ4n) is 2.96. The van der Waals surface area contributed by atoms with Crippen LogP contribution in [0, 0.1) is 0 Å². The first-order valence-corrected chi connectivity index (χ1v) is 8.80. The molecule has 0 unspecified atom stereocenters. The summed E-state index contributed by atoms with van der Waals surface area (Å²) in [6.07, 6.45) is 2.54. The number of nitrogens with zero attached hydrogens (tertiary/aromatic N) is 2. The van der Waals surface area contributed by atoms with Gasteiger partial charge in [-0.1, -0.05) is 65.8 Å². The number of benzene rings is 2. The molecule has 0 saturated carbocycles. The predicted octanol–water partition coefficient (Wildman–Crippen LogP) is 4.18. The van der Waals surface area contributed by atoms with Gasteiger partial charge in [-0.05, 0) is 17.5 Å². The minimum absolute atomic E-state index is 0. The average Bonchev–Trinajstić information content (AvgIpc) is 3.22. The van der Waals surface area contributed by atoms with Crippen LogP contribution in [0.3, 0.4) is 0 Å². The second-order valence-electron chi connectivity index (χ2n) is 6.01. The molecule has 0 radical (unpaired) electrons. The smallest absolute Gasteiger partial charge is 0.191 e. The fraction of sp³-hybridized carbons (Fsp3) is 0.238. The van der Waals surface area contributed by atoms with Gasteiger partial charge in [0.05, 0.1) is 6.54 Å². The fourth-order valence-corrected chi connectivity index (χ4v) is 2.96. The van der Waals surface area contributed by atoms with Gasteiger partial charge in [-0.25, -0.2) is 0 Å². The first-order chi connectivity index (χ1) is 12.9. The number of guanidine groups is 1. The minimum atomic E-state index is 0. The Balaban J connectivity index is 0.00000261. The quantitative estimate of drug-likeness (QED) is 0.305. The van der Waals surface area contributed by atoms with Crippen LogP contribution < -0.4 is 10.6 Å². The van der Waals surface area contributed by atoms with Crippen molar-refractivity contribution < 1.29 is 4.52 Å². The molecule has 0 aliphatic rings. The molecule has 27 heavy (non-hydrogen) atoms. The van der Waals surface area contributed by atoms with Gasteiger partial charge in [-0.3, -0.25) is 4.99 Å². The molecule has 0 saturated heterocycles. The van der Waals surface area contributed by atoms with E-state index >= 15 is 0 Å². The van der Waals surface area contributed by atoms with Crippen LogP contribution in [0.5, 0.6) is 0 Å². The summed E-state index contributed by atoms with van der Waals surface area (Å²) in [5.74, 6) is 1.10. The highest BCUT2D eigenvalue weighted by Gasteiger charge is 2.13. The van der Waals surface area contributed by atoms with Crippen molar-refractivity contribution in [1.82, 2.24) is 15.8 Å². The van der Waals surface area contributed by atoms with E-state index in [1.54, 1.807) is 13.3 Å². The molecule has 0 amide bonds. The Morgan fingerprint density at radius 2 is 1.59 bits per heavy atom. The Labute approximate surface area is 177 Å². The number of aromatic nitrogens is 1. The molecular formula is C21H25IN4O. The number of hydrogen-bond acceptors (Lipinski definition) is 3. The van der Waals surface area contributed by atoms with Gasteiger partial charge in [0.15, 0.2) is 5.96 Å². The lowest BCUT2D eigenvalue weighted by molar-refractivity contribution is 0.410. The van der Waals surface area contributed by atoms with Crippen LogP contribution in [-0.2, 0) is 6.54 Å². The van der Waals surface area contributed by atoms with Gasteiger partial charge in [0.2, 0.25) is 0 Å². The van der Waals surface area contributed by atoms with Crippen LogP contribution >= 0.6 is 24.0 Å². The van der Waals surface area contributed by atoms with Crippen molar-refractivity contribution in [3.05, 3.63) is 89.8 Å². The van der Waals surface area contributed by atoms with E-state index in [1.807, 2.05) is 6.07 Å². The van der Waals surface area contributed by atoms with Crippen molar-refractivity contribution in [3.8, 4) is 0 Å². The van der Waals surface area contributed by atoms with Crippen LogP contribution in [0.4, 0.5) is 0 Å². The zero-order chi connectivity index (χ0) is 18.0. The number of nitrogens with one attached hydrogen (secondary N) is 2. The lowest BCUT2D eigenvalue weighted by atomic mass is 9.88. The van der Waals surface area contributed by atoms with E-state index in [4.69, 9.17) is 4.52 Å². The van der Waals surface area contributed by atoms with E-state index in [0.717, 1.165) is 24.6 Å². The molecule has 5 nitrogen and oxygen atoms in total. The number of hydrogen-bond donors (Lipinski definition) is 2. The molecule has 2 aromatic carbocycles. The lowest BCUT2D eigenvalue weighted by Gasteiger charge is -2.19.